The van der Waals surface area contributed by atoms with Crippen molar-refractivity contribution in [3.8, 4) is 21.7 Å². The molecule has 2 aromatic heterocycles. The van der Waals surface area contributed by atoms with E-state index in [-0.39, 0.29) is 0 Å². The number of pyridine rings is 1. The summed E-state index contributed by atoms with van der Waals surface area (Å²) in [4.78, 5) is 5.57. The second-order valence-corrected chi connectivity index (χ2v) is 6.25. The summed E-state index contributed by atoms with van der Waals surface area (Å²) in [6, 6.07) is 18.6. The predicted octanol–water partition coefficient (Wildman–Crippen LogP) is 5.24. The van der Waals surface area contributed by atoms with Gasteiger partial charge in [0.2, 0.25) is 0 Å². The Morgan fingerprint density at radius 3 is 2.44 bits per heavy atom. The van der Waals surface area contributed by atoms with Gasteiger partial charge in [-0.1, -0.05) is 36.4 Å². The summed E-state index contributed by atoms with van der Waals surface area (Å²) in [5.74, 6) is 0. The first kappa shape index (κ1) is 11.6. The fourth-order valence-electron chi connectivity index (χ4n) is 1.82. The number of halogens is 1. The molecule has 0 unspecified atom stereocenters. The molecule has 0 saturated heterocycles. The lowest BCUT2D eigenvalue weighted by atomic mass is 10.1. The molecule has 0 saturated carbocycles. The molecular weight excluding hydrogens is 306 g/mol. The normalized spacial score (nSPS) is 10.5. The van der Waals surface area contributed by atoms with Gasteiger partial charge >= 0.3 is 0 Å². The van der Waals surface area contributed by atoms with Crippen molar-refractivity contribution in [1.29, 1.82) is 0 Å². The van der Waals surface area contributed by atoms with E-state index in [0.29, 0.717) is 0 Å². The minimum Gasteiger partial charge on any atom is -0.255 e. The van der Waals surface area contributed by atoms with E-state index in [1.807, 2.05) is 30.5 Å². The van der Waals surface area contributed by atoms with E-state index in [2.05, 4.69) is 51.2 Å². The molecule has 1 aromatic carbocycles. The molecule has 0 amide bonds. The molecule has 0 atom stereocenters. The molecule has 0 fully saturated rings. The highest BCUT2D eigenvalue weighted by Crippen LogP contribution is 2.39. The van der Waals surface area contributed by atoms with Crippen LogP contribution in [0.1, 0.15) is 0 Å². The summed E-state index contributed by atoms with van der Waals surface area (Å²) < 4.78 is 1.15. The standard InChI is InChI=1S/C15H10BrNS/c16-15-12(11-6-2-1-3-7-11)10-14(18-15)13-8-4-5-9-17-13/h1-10H. The van der Waals surface area contributed by atoms with Crippen molar-refractivity contribution in [2.75, 3.05) is 0 Å². The Labute approximate surface area is 118 Å². The summed E-state index contributed by atoms with van der Waals surface area (Å²) in [6.45, 7) is 0. The maximum absolute atomic E-state index is 4.39. The highest BCUT2D eigenvalue weighted by atomic mass is 79.9. The van der Waals surface area contributed by atoms with Gasteiger partial charge in [-0.3, -0.25) is 4.98 Å². The van der Waals surface area contributed by atoms with E-state index in [9.17, 15) is 0 Å². The molecule has 0 aliphatic carbocycles. The van der Waals surface area contributed by atoms with E-state index >= 15 is 0 Å². The first-order valence-corrected chi connectivity index (χ1v) is 7.22. The predicted molar refractivity (Wildman–Crippen MR) is 80.7 cm³/mol. The van der Waals surface area contributed by atoms with Crippen LogP contribution in [-0.2, 0) is 0 Å². The fourth-order valence-corrected chi connectivity index (χ4v) is 3.57. The summed E-state index contributed by atoms with van der Waals surface area (Å²) >= 11 is 5.36. The SMILES string of the molecule is Brc1sc(-c2ccccn2)cc1-c1ccccc1. The molecule has 0 aliphatic rings. The number of rotatable bonds is 2. The van der Waals surface area contributed by atoms with Crippen LogP contribution in [0.15, 0.2) is 64.6 Å². The second-order valence-electron chi connectivity index (χ2n) is 3.88. The molecule has 18 heavy (non-hydrogen) atoms. The van der Waals surface area contributed by atoms with Gasteiger partial charge in [-0.25, -0.2) is 0 Å². The van der Waals surface area contributed by atoms with Gasteiger partial charge in [0.15, 0.2) is 0 Å². The van der Waals surface area contributed by atoms with Crippen molar-refractivity contribution in [3.63, 3.8) is 0 Å². The quantitative estimate of drug-likeness (QED) is 0.630. The van der Waals surface area contributed by atoms with Crippen molar-refractivity contribution >= 4 is 27.3 Å². The van der Waals surface area contributed by atoms with Crippen molar-refractivity contribution in [1.82, 2.24) is 4.98 Å². The lowest BCUT2D eigenvalue weighted by molar-refractivity contribution is 1.34. The van der Waals surface area contributed by atoms with Gasteiger partial charge in [-0.15, -0.1) is 11.3 Å². The van der Waals surface area contributed by atoms with Gasteiger partial charge in [-0.05, 0) is 39.7 Å². The number of hydrogen-bond donors (Lipinski definition) is 0. The molecule has 3 rings (SSSR count). The zero-order valence-electron chi connectivity index (χ0n) is 9.51. The molecule has 0 spiro atoms. The number of nitrogens with zero attached hydrogens (tertiary/aromatic N) is 1. The van der Waals surface area contributed by atoms with E-state index in [1.54, 1.807) is 11.3 Å². The highest BCUT2D eigenvalue weighted by molar-refractivity contribution is 9.11. The van der Waals surface area contributed by atoms with Crippen LogP contribution in [0.4, 0.5) is 0 Å². The second kappa shape index (κ2) is 5.04. The summed E-state index contributed by atoms with van der Waals surface area (Å²) in [7, 11) is 0. The number of aromatic nitrogens is 1. The maximum Gasteiger partial charge on any atom is 0.0802 e. The zero-order chi connectivity index (χ0) is 12.4. The Balaban J connectivity index is 2.07. The Morgan fingerprint density at radius 1 is 0.944 bits per heavy atom. The summed E-state index contributed by atoms with van der Waals surface area (Å²) in [6.07, 6.45) is 1.82. The Hall–Kier alpha value is -1.45. The average molecular weight is 316 g/mol. The van der Waals surface area contributed by atoms with E-state index < -0.39 is 0 Å². The molecule has 88 valence electrons. The van der Waals surface area contributed by atoms with Crippen molar-refractivity contribution in [2.45, 2.75) is 0 Å². The lowest BCUT2D eigenvalue weighted by Crippen LogP contribution is -1.76. The largest absolute Gasteiger partial charge is 0.255 e. The molecule has 0 aliphatic heterocycles. The van der Waals surface area contributed by atoms with Crippen LogP contribution in [-0.4, -0.2) is 4.98 Å². The van der Waals surface area contributed by atoms with Gasteiger partial charge < -0.3 is 0 Å². The van der Waals surface area contributed by atoms with Gasteiger partial charge in [0, 0.05) is 11.8 Å². The van der Waals surface area contributed by atoms with Crippen LogP contribution < -0.4 is 0 Å². The minimum absolute atomic E-state index is 1.02. The fraction of sp³-hybridized carbons (Fsp3) is 0. The number of thiophene rings is 1. The molecular formula is C15H10BrNS. The smallest absolute Gasteiger partial charge is 0.0802 e. The third kappa shape index (κ3) is 2.24. The molecule has 0 radical (unpaired) electrons. The third-order valence-corrected chi connectivity index (χ3v) is 4.55. The van der Waals surface area contributed by atoms with Gasteiger partial charge in [0.25, 0.3) is 0 Å². The summed E-state index contributed by atoms with van der Waals surface area (Å²) in [5, 5.41) is 0. The monoisotopic (exact) mass is 315 g/mol. The minimum atomic E-state index is 1.02. The molecule has 3 heteroatoms. The van der Waals surface area contributed by atoms with Crippen molar-refractivity contribution in [2.24, 2.45) is 0 Å². The molecule has 0 N–H and O–H groups in total. The lowest BCUT2D eigenvalue weighted by Gasteiger charge is -1.97. The molecule has 1 nitrogen and oxygen atoms in total. The van der Waals surface area contributed by atoms with Crippen molar-refractivity contribution < 1.29 is 0 Å². The average Bonchev–Trinajstić information content (AvgIpc) is 2.83. The maximum atomic E-state index is 4.39. The zero-order valence-corrected chi connectivity index (χ0v) is 11.9. The van der Waals surface area contributed by atoms with Gasteiger partial charge in [0.1, 0.15) is 0 Å². The van der Waals surface area contributed by atoms with Crippen LogP contribution in [0.2, 0.25) is 0 Å². The number of hydrogen-bond acceptors (Lipinski definition) is 2. The van der Waals surface area contributed by atoms with Crippen LogP contribution in [0.5, 0.6) is 0 Å². The Kier molecular flexibility index (Phi) is 3.26. The molecule has 3 aromatic rings. The molecule has 0 bridgehead atoms. The van der Waals surface area contributed by atoms with Crippen LogP contribution in [0.3, 0.4) is 0 Å². The van der Waals surface area contributed by atoms with E-state index in [1.165, 1.54) is 16.0 Å². The summed E-state index contributed by atoms with van der Waals surface area (Å²) in [5.41, 5.74) is 3.47. The van der Waals surface area contributed by atoms with E-state index in [4.69, 9.17) is 0 Å². The first-order valence-electron chi connectivity index (χ1n) is 5.61. The Morgan fingerprint density at radius 2 is 1.72 bits per heavy atom. The highest BCUT2D eigenvalue weighted by Gasteiger charge is 2.10. The number of benzene rings is 1. The van der Waals surface area contributed by atoms with E-state index in [0.717, 1.165) is 9.48 Å². The third-order valence-electron chi connectivity index (χ3n) is 2.69. The Bertz CT molecular complexity index is 647. The van der Waals surface area contributed by atoms with Crippen LogP contribution >= 0.6 is 27.3 Å². The van der Waals surface area contributed by atoms with Crippen molar-refractivity contribution in [3.05, 3.63) is 64.6 Å². The van der Waals surface area contributed by atoms with Gasteiger partial charge in [0.05, 0.1) is 14.4 Å². The molecule has 2 heterocycles. The topological polar surface area (TPSA) is 12.9 Å². The first-order chi connectivity index (χ1) is 8.84. The van der Waals surface area contributed by atoms with Crippen LogP contribution in [0.25, 0.3) is 21.7 Å². The van der Waals surface area contributed by atoms with Crippen LogP contribution in [0, 0.1) is 0 Å². The van der Waals surface area contributed by atoms with Gasteiger partial charge in [-0.2, -0.15) is 0 Å².